The molecule has 0 saturated carbocycles. The van der Waals surface area contributed by atoms with E-state index in [-0.39, 0.29) is 30.6 Å². The number of nitrogens with zero attached hydrogens (tertiary/aromatic N) is 1. The molecule has 2 nitrogen and oxygen atoms in total. The summed E-state index contributed by atoms with van der Waals surface area (Å²) in [5.74, 6) is -0.355. The van der Waals surface area contributed by atoms with Gasteiger partial charge in [0, 0.05) is 26.2 Å². The molecule has 2 rings (SSSR count). The van der Waals surface area contributed by atoms with Crippen LogP contribution >= 0.6 is 24.8 Å². The Hall–Kier alpha value is -0.490. The number of alkyl halides is 2. The summed E-state index contributed by atoms with van der Waals surface area (Å²) in [5.41, 5.74) is 0.902. The van der Waals surface area contributed by atoms with E-state index in [1.807, 2.05) is 0 Å². The minimum atomic E-state index is -2.46. The molecule has 0 aliphatic carbocycles. The predicted molar refractivity (Wildman–Crippen MR) is 78.8 cm³/mol. The minimum Gasteiger partial charge on any atom is -0.314 e. The Morgan fingerprint density at radius 1 is 1.15 bits per heavy atom. The van der Waals surface area contributed by atoms with Crippen LogP contribution < -0.4 is 5.32 Å². The molecule has 116 valence electrons. The van der Waals surface area contributed by atoms with Gasteiger partial charge in [-0.3, -0.25) is 4.90 Å². The van der Waals surface area contributed by atoms with Crippen molar-refractivity contribution in [1.82, 2.24) is 10.2 Å². The van der Waals surface area contributed by atoms with Crippen molar-refractivity contribution in [2.45, 2.75) is 19.4 Å². The number of piperazine rings is 1. The van der Waals surface area contributed by atoms with E-state index in [1.165, 1.54) is 18.2 Å². The molecule has 7 heteroatoms. The second-order valence-corrected chi connectivity index (χ2v) is 4.57. The van der Waals surface area contributed by atoms with Gasteiger partial charge in [0.05, 0.1) is 6.04 Å². The van der Waals surface area contributed by atoms with Crippen molar-refractivity contribution in [3.63, 3.8) is 0 Å². The third kappa shape index (κ3) is 4.52. The van der Waals surface area contributed by atoms with Crippen LogP contribution in [0.4, 0.5) is 13.2 Å². The van der Waals surface area contributed by atoms with E-state index < -0.39 is 12.5 Å². The number of nitrogens with one attached hydrogen (secondary N) is 1. The molecule has 1 atom stereocenters. The Kier molecular flexibility index (Phi) is 8.51. The molecular weight excluding hydrogens is 312 g/mol. The first-order chi connectivity index (χ1) is 8.59. The van der Waals surface area contributed by atoms with Gasteiger partial charge in [0.1, 0.15) is 5.82 Å². The summed E-state index contributed by atoms with van der Waals surface area (Å²) in [7, 11) is 0. The van der Waals surface area contributed by atoms with E-state index in [4.69, 9.17) is 0 Å². The Balaban J connectivity index is 0.00000180. The Labute approximate surface area is 129 Å². The monoisotopic (exact) mass is 330 g/mol. The van der Waals surface area contributed by atoms with Gasteiger partial charge >= 0.3 is 0 Å². The zero-order valence-corrected chi connectivity index (χ0v) is 12.7. The fraction of sp³-hybridized carbons (Fsp3) is 0.538. The Morgan fingerprint density at radius 2 is 1.75 bits per heavy atom. The lowest BCUT2D eigenvalue weighted by Gasteiger charge is -2.34. The zero-order chi connectivity index (χ0) is 13.1. The van der Waals surface area contributed by atoms with Crippen LogP contribution in [0.5, 0.6) is 0 Å². The molecule has 0 spiro atoms. The maximum Gasteiger partial charge on any atom is 0.258 e. The second-order valence-electron chi connectivity index (χ2n) is 4.57. The summed E-state index contributed by atoms with van der Waals surface area (Å²) in [4.78, 5) is 1.76. The largest absolute Gasteiger partial charge is 0.314 e. The lowest BCUT2D eigenvalue weighted by molar-refractivity contribution is 0.0181. The molecular formula is C13H19Cl2F3N2. The van der Waals surface area contributed by atoms with Crippen molar-refractivity contribution >= 4 is 24.8 Å². The first-order valence-corrected chi connectivity index (χ1v) is 6.08. The number of hydrogen-bond donors (Lipinski definition) is 1. The minimum absolute atomic E-state index is 0. The molecule has 1 aliphatic rings. The standard InChI is InChI=1S/C13H17F3N2.2ClH/c1-9-8-10(2-3-11(9)14)12(13(15)16)18-6-4-17-5-7-18;;/h2-3,8,12-13,17H,4-7H2,1H3;2*1H/t12-;;/m1../s1. The first kappa shape index (κ1) is 19.5. The highest BCUT2D eigenvalue weighted by Crippen LogP contribution is 2.28. The molecule has 1 aromatic rings. The Bertz CT molecular complexity index is 413. The van der Waals surface area contributed by atoms with Crippen LogP contribution in [0, 0.1) is 12.7 Å². The first-order valence-electron chi connectivity index (χ1n) is 6.08. The maximum atomic E-state index is 13.2. The SMILES string of the molecule is Cc1cc([C@H](C(F)F)N2CCNCC2)ccc1F.Cl.Cl. The van der Waals surface area contributed by atoms with Gasteiger partial charge in [0.2, 0.25) is 0 Å². The summed E-state index contributed by atoms with van der Waals surface area (Å²) in [6.07, 6.45) is -2.46. The normalized spacial score (nSPS) is 17.2. The van der Waals surface area contributed by atoms with Crippen molar-refractivity contribution in [2.75, 3.05) is 26.2 Å². The van der Waals surface area contributed by atoms with Gasteiger partial charge in [-0.05, 0) is 24.1 Å². The Morgan fingerprint density at radius 3 is 2.25 bits per heavy atom. The third-order valence-electron chi connectivity index (χ3n) is 3.31. The highest BCUT2D eigenvalue weighted by Gasteiger charge is 2.30. The van der Waals surface area contributed by atoms with Crippen LogP contribution in [0.15, 0.2) is 18.2 Å². The summed E-state index contributed by atoms with van der Waals surface area (Å²) in [6.45, 7) is 4.20. The molecule has 1 N–H and O–H groups in total. The number of halogens is 5. The van der Waals surface area contributed by atoms with E-state index in [2.05, 4.69) is 5.32 Å². The number of benzene rings is 1. The molecule has 1 aromatic carbocycles. The summed E-state index contributed by atoms with van der Waals surface area (Å²) < 4.78 is 39.7. The fourth-order valence-corrected chi connectivity index (χ4v) is 2.33. The van der Waals surface area contributed by atoms with Crippen LogP contribution in [0.1, 0.15) is 17.2 Å². The van der Waals surface area contributed by atoms with E-state index in [9.17, 15) is 13.2 Å². The molecule has 1 saturated heterocycles. The van der Waals surface area contributed by atoms with Crippen molar-refractivity contribution in [1.29, 1.82) is 0 Å². The van der Waals surface area contributed by atoms with Gasteiger partial charge < -0.3 is 5.32 Å². The summed E-state index contributed by atoms with van der Waals surface area (Å²) in [5, 5.41) is 3.13. The van der Waals surface area contributed by atoms with Crippen LogP contribution in [-0.4, -0.2) is 37.5 Å². The van der Waals surface area contributed by atoms with E-state index in [1.54, 1.807) is 11.8 Å². The maximum absolute atomic E-state index is 13.2. The topological polar surface area (TPSA) is 15.3 Å². The van der Waals surface area contributed by atoms with Crippen LogP contribution in [0.3, 0.4) is 0 Å². The summed E-state index contributed by atoms with van der Waals surface area (Å²) >= 11 is 0. The van der Waals surface area contributed by atoms with Gasteiger partial charge in [-0.25, -0.2) is 13.2 Å². The lowest BCUT2D eigenvalue weighted by atomic mass is 10.0. The quantitative estimate of drug-likeness (QED) is 0.915. The predicted octanol–water partition coefficient (Wildman–Crippen LogP) is 3.19. The molecule has 1 aliphatic heterocycles. The van der Waals surface area contributed by atoms with Crippen molar-refractivity contribution in [3.8, 4) is 0 Å². The smallest absolute Gasteiger partial charge is 0.258 e. The van der Waals surface area contributed by atoms with Crippen LogP contribution in [-0.2, 0) is 0 Å². The van der Waals surface area contributed by atoms with Crippen LogP contribution in [0.2, 0.25) is 0 Å². The zero-order valence-electron chi connectivity index (χ0n) is 11.1. The lowest BCUT2D eigenvalue weighted by Crippen LogP contribution is -2.46. The van der Waals surface area contributed by atoms with Gasteiger partial charge in [-0.1, -0.05) is 12.1 Å². The van der Waals surface area contributed by atoms with Crippen molar-refractivity contribution < 1.29 is 13.2 Å². The van der Waals surface area contributed by atoms with Gasteiger partial charge in [0.25, 0.3) is 6.43 Å². The highest BCUT2D eigenvalue weighted by molar-refractivity contribution is 5.85. The molecule has 0 amide bonds. The number of rotatable bonds is 3. The average Bonchev–Trinajstić information content (AvgIpc) is 2.35. The molecule has 0 unspecified atom stereocenters. The highest BCUT2D eigenvalue weighted by atomic mass is 35.5. The molecule has 20 heavy (non-hydrogen) atoms. The second kappa shape index (κ2) is 8.72. The van der Waals surface area contributed by atoms with Gasteiger partial charge in [-0.2, -0.15) is 0 Å². The van der Waals surface area contributed by atoms with E-state index in [0.29, 0.717) is 37.3 Å². The fourth-order valence-electron chi connectivity index (χ4n) is 2.33. The van der Waals surface area contributed by atoms with Crippen molar-refractivity contribution in [3.05, 3.63) is 35.1 Å². The number of aryl methyl sites for hydroxylation is 1. The van der Waals surface area contributed by atoms with E-state index in [0.717, 1.165) is 0 Å². The van der Waals surface area contributed by atoms with Gasteiger partial charge in [-0.15, -0.1) is 24.8 Å². The van der Waals surface area contributed by atoms with Gasteiger partial charge in [0.15, 0.2) is 0 Å². The van der Waals surface area contributed by atoms with Crippen LogP contribution in [0.25, 0.3) is 0 Å². The van der Waals surface area contributed by atoms with Crippen molar-refractivity contribution in [2.24, 2.45) is 0 Å². The molecule has 0 aromatic heterocycles. The molecule has 0 radical (unpaired) electrons. The molecule has 1 fully saturated rings. The third-order valence-corrected chi connectivity index (χ3v) is 3.31. The van der Waals surface area contributed by atoms with E-state index >= 15 is 0 Å². The average molecular weight is 331 g/mol. The molecule has 0 bridgehead atoms. The summed E-state index contributed by atoms with van der Waals surface area (Å²) in [6, 6.07) is 3.31. The number of hydrogen-bond acceptors (Lipinski definition) is 2. The molecule has 1 heterocycles.